The quantitative estimate of drug-likeness (QED) is 0.880. The van der Waals surface area contributed by atoms with E-state index in [2.05, 4.69) is 46.3 Å². The molecule has 3 rings (SSSR count). The summed E-state index contributed by atoms with van der Waals surface area (Å²) in [5.74, 6) is 1.67. The van der Waals surface area contributed by atoms with Crippen molar-refractivity contribution in [3.63, 3.8) is 0 Å². The van der Waals surface area contributed by atoms with Crippen molar-refractivity contribution in [2.24, 2.45) is 0 Å². The van der Waals surface area contributed by atoms with Crippen molar-refractivity contribution >= 4 is 15.9 Å². The van der Waals surface area contributed by atoms with Crippen molar-refractivity contribution in [2.45, 2.75) is 37.8 Å². The molecule has 1 saturated carbocycles. The van der Waals surface area contributed by atoms with Crippen molar-refractivity contribution in [2.75, 3.05) is 27.4 Å². The van der Waals surface area contributed by atoms with Gasteiger partial charge in [-0.1, -0.05) is 28.8 Å². The lowest BCUT2D eigenvalue weighted by molar-refractivity contribution is 0.153. The summed E-state index contributed by atoms with van der Waals surface area (Å²) in [6, 6.07) is 4.06. The van der Waals surface area contributed by atoms with Crippen LogP contribution in [-0.2, 0) is 6.54 Å². The average Bonchev–Trinajstić information content (AvgIpc) is 3.08. The van der Waals surface area contributed by atoms with Gasteiger partial charge in [0.2, 0.25) is 6.79 Å². The third kappa shape index (κ3) is 3.05. The van der Waals surface area contributed by atoms with Crippen molar-refractivity contribution in [3.8, 4) is 11.5 Å². The lowest BCUT2D eigenvalue weighted by Crippen LogP contribution is -2.49. The van der Waals surface area contributed by atoms with Crippen LogP contribution in [0.1, 0.15) is 31.2 Å². The predicted molar refractivity (Wildman–Crippen MR) is 86.9 cm³/mol. The Labute approximate surface area is 134 Å². The molecule has 0 aromatic heterocycles. The summed E-state index contributed by atoms with van der Waals surface area (Å²) in [6.45, 7) is 2.19. The lowest BCUT2D eigenvalue weighted by atomic mass is 9.96. The fourth-order valence-electron chi connectivity index (χ4n) is 3.34. The molecule has 2 aliphatic rings. The normalized spacial score (nSPS) is 19.4. The Morgan fingerprint density at radius 3 is 2.52 bits per heavy atom. The maximum absolute atomic E-state index is 5.45. The van der Waals surface area contributed by atoms with E-state index >= 15 is 0 Å². The molecule has 0 spiro atoms. The molecule has 0 atom stereocenters. The Morgan fingerprint density at radius 1 is 1.19 bits per heavy atom. The maximum atomic E-state index is 5.45. The Morgan fingerprint density at radius 2 is 1.86 bits per heavy atom. The van der Waals surface area contributed by atoms with Gasteiger partial charge in [0.05, 0.1) is 0 Å². The molecule has 4 nitrogen and oxygen atoms in total. The number of nitrogens with one attached hydrogen (secondary N) is 1. The van der Waals surface area contributed by atoms with Gasteiger partial charge in [-0.05, 0) is 44.6 Å². The molecule has 0 radical (unpaired) electrons. The number of nitrogens with zero attached hydrogens (tertiary/aromatic N) is 1. The number of hydrogen-bond acceptors (Lipinski definition) is 4. The summed E-state index contributed by atoms with van der Waals surface area (Å²) in [5.41, 5.74) is 1.54. The summed E-state index contributed by atoms with van der Waals surface area (Å²) in [5, 5.41) is 3.63. The van der Waals surface area contributed by atoms with Crippen LogP contribution >= 0.6 is 15.9 Å². The zero-order valence-corrected chi connectivity index (χ0v) is 14.3. The molecule has 0 unspecified atom stereocenters. The Balaban J connectivity index is 1.63. The third-order valence-corrected chi connectivity index (χ3v) is 5.53. The maximum Gasteiger partial charge on any atom is 0.231 e. The number of benzene rings is 1. The molecular formula is C16H23BrN2O2. The average molecular weight is 355 g/mol. The van der Waals surface area contributed by atoms with Crippen LogP contribution in [0.15, 0.2) is 16.6 Å². The highest BCUT2D eigenvalue weighted by atomic mass is 79.9. The molecule has 1 N–H and O–H groups in total. The van der Waals surface area contributed by atoms with Crippen LogP contribution in [0, 0.1) is 0 Å². The minimum Gasteiger partial charge on any atom is -0.454 e. The summed E-state index contributed by atoms with van der Waals surface area (Å²) >= 11 is 3.62. The predicted octanol–water partition coefficient (Wildman–Crippen LogP) is 3.14. The van der Waals surface area contributed by atoms with E-state index in [-0.39, 0.29) is 0 Å². The number of hydrogen-bond donors (Lipinski definition) is 1. The van der Waals surface area contributed by atoms with Gasteiger partial charge in [0.15, 0.2) is 11.5 Å². The first-order chi connectivity index (χ1) is 10.1. The molecule has 116 valence electrons. The zero-order valence-electron chi connectivity index (χ0n) is 12.7. The molecule has 1 aromatic carbocycles. The van der Waals surface area contributed by atoms with Crippen LogP contribution in [0.5, 0.6) is 11.5 Å². The van der Waals surface area contributed by atoms with Gasteiger partial charge < -0.3 is 19.7 Å². The van der Waals surface area contributed by atoms with Crippen molar-refractivity contribution in [3.05, 3.63) is 22.2 Å². The van der Waals surface area contributed by atoms with Crippen LogP contribution in [-0.4, -0.2) is 37.9 Å². The molecule has 1 fully saturated rings. The van der Waals surface area contributed by atoms with Crippen LogP contribution in [0.4, 0.5) is 0 Å². The molecule has 1 aliphatic carbocycles. The topological polar surface area (TPSA) is 33.7 Å². The first-order valence-electron chi connectivity index (χ1n) is 7.57. The fourth-order valence-corrected chi connectivity index (χ4v) is 3.80. The van der Waals surface area contributed by atoms with E-state index in [0.29, 0.717) is 12.3 Å². The number of likely N-dealkylation sites (N-methyl/N-ethyl adjacent to an activating group) is 1. The highest BCUT2D eigenvalue weighted by Gasteiger charge is 2.35. The minimum absolute atomic E-state index is 0.322. The van der Waals surface area contributed by atoms with Gasteiger partial charge in [0.25, 0.3) is 0 Å². The fraction of sp³-hybridized carbons (Fsp3) is 0.625. The van der Waals surface area contributed by atoms with Gasteiger partial charge in [-0.3, -0.25) is 0 Å². The number of rotatable bonds is 5. The summed E-state index contributed by atoms with van der Waals surface area (Å²) in [6.07, 6.45) is 5.26. The van der Waals surface area contributed by atoms with E-state index in [9.17, 15) is 0 Å². The largest absolute Gasteiger partial charge is 0.454 e. The first kappa shape index (κ1) is 15.1. The molecule has 5 heteroatoms. The van der Waals surface area contributed by atoms with E-state index < -0.39 is 0 Å². The smallest absolute Gasteiger partial charge is 0.231 e. The van der Waals surface area contributed by atoms with E-state index in [1.807, 2.05) is 6.07 Å². The monoisotopic (exact) mass is 354 g/mol. The van der Waals surface area contributed by atoms with Gasteiger partial charge in [0.1, 0.15) is 0 Å². The second kappa shape index (κ2) is 6.15. The van der Waals surface area contributed by atoms with Gasteiger partial charge >= 0.3 is 0 Å². The minimum atomic E-state index is 0.322. The van der Waals surface area contributed by atoms with Crippen LogP contribution in [0.3, 0.4) is 0 Å². The molecule has 0 saturated heterocycles. The lowest BCUT2D eigenvalue weighted by Gasteiger charge is -2.36. The van der Waals surface area contributed by atoms with E-state index in [4.69, 9.17) is 9.47 Å². The highest BCUT2D eigenvalue weighted by molar-refractivity contribution is 9.10. The van der Waals surface area contributed by atoms with Crippen molar-refractivity contribution in [1.29, 1.82) is 0 Å². The van der Waals surface area contributed by atoms with Gasteiger partial charge in [-0.25, -0.2) is 0 Å². The molecule has 21 heavy (non-hydrogen) atoms. The standard InChI is InChI=1S/C16H23BrN2O2/c1-19(2)16(5-3-4-6-16)10-18-9-12-7-14-15(8-13(12)17)21-11-20-14/h7-8,18H,3-6,9-11H2,1-2H3. The highest BCUT2D eigenvalue weighted by Crippen LogP contribution is 2.37. The molecular weight excluding hydrogens is 332 g/mol. The summed E-state index contributed by atoms with van der Waals surface area (Å²) < 4.78 is 11.9. The molecule has 1 aliphatic heterocycles. The van der Waals surface area contributed by atoms with E-state index in [1.54, 1.807) is 0 Å². The molecule has 1 aromatic rings. The Kier molecular flexibility index (Phi) is 4.43. The van der Waals surface area contributed by atoms with Gasteiger partial charge in [-0.2, -0.15) is 0 Å². The zero-order chi connectivity index (χ0) is 14.9. The third-order valence-electron chi connectivity index (χ3n) is 4.79. The first-order valence-corrected chi connectivity index (χ1v) is 8.36. The SMILES string of the molecule is CN(C)C1(CNCc2cc3c(cc2Br)OCO3)CCCC1. The van der Waals surface area contributed by atoms with Crippen LogP contribution in [0.25, 0.3) is 0 Å². The molecule has 0 bridgehead atoms. The number of fused-ring (bicyclic) bond motifs is 1. The second-order valence-corrected chi connectivity index (χ2v) is 7.08. The van der Waals surface area contributed by atoms with Crippen LogP contribution in [0.2, 0.25) is 0 Å². The molecule has 1 heterocycles. The van der Waals surface area contributed by atoms with Gasteiger partial charge in [-0.15, -0.1) is 0 Å². The van der Waals surface area contributed by atoms with Crippen molar-refractivity contribution in [1.82, 2.24) is 10.2 Å². The summed E-state index contributed by atoms with van der Waals surface area (Å²) in [7, 11) is 4.40. The molecule has 0 amide bonds. The van der Waals surface area contributed by atoms with Crippen molar-refractivity contribution < 1.29 is 9.47 Å². The second-order valence-electron chi connectivity index (χ2n) is 6.23. The summed E-state index contributed by atoms with van der Waals surface area (Å²) in [4.78, 5) is 2.39. The number of ether oxygens (including phenoxy) is 2. The van der Waals surface area contributed by atoms with Gasteiger partial charge in [0, 0.05) is 23.1 Å². The Bertz CT molecular complexity index is 513. The van der Waals surface area contributed by atoms with E-state index in [1.165, 1.54) is 31.2 Å². The van der Waals surface area contributed by atoms with E-state index in [0.717, 1.165) is 29.1 Å². The Hall–Kier alpha value is -0.780. The number of halogens is 1. The van der Waals surface area contributed by atoms with Crippen LogP contribution < -0.4 is 14.8 Å².